The van der Waals surface area contributed by atoms with Crippen molar-refractivity contribution in [1.82, 2.24) is 19.2 Å². The zero-order valence-corrected chi connectivity index (χ0v) is 13.1. The normalized spacial score (nSPS) is 15.4. The van der Waals surface area contributed by atoms with Gasteiger partial charge < -0.3 is 4.52 Å². The molecule has 1 N–H and O–H groups in total. The summed E-state index contributed by atoms with van der Waals surface area (Å²) in [5, 5.41) is 3.79. The quantitative estimate of drug-likeness (QED) is 0.832. The van der Waals surface area contributed by atoms with Crippen molar-refractivity contribution in [2.45, 2.75) is 31.8 Å². The first-order valence-electron chi connectivity index (χ1n) is 7.12. The van der Waals surface area contributed by atoms with Crippen LogP contribution in [0.25, 0.3) is 0 Å². The van der Waals surface area contributed by atoms with Crippen LogP contribution in [0, 0.1) is 0 Å². The Bertz CT molecular complexity index is 726. The minimum absolute atomic E-state index is 0.0255. The van der Waals surface area contributed by atoms with Crippen LogP contribution in [0.3, 0.4) is 0 Å². The lowest BCUT2D eigenvalue weighted by Crippen LogP contribution is -2.37. The fourth-order valence-electron chi connectivity index (χ4n) is 2.03. The second-order valence-corrected chi connectivity index (χ2v) is 7.25. The van der Waals surface area contributed by atoms with E-state index in [0.29, 0.717) is 24.2 Å². The van der Waals surface area contributed by atoms with Crippen molar-refractivity contribution in [3.8, 4) is 0 Å². The van der Waals surface area contributed by atoms with E-state index in [-0.39, 0.29) is 6.54 Å². The maximum Gasteiger partial charge on any atom is 0.279 e. The van der Waals surface area contributed by atoms with Gasteiger partial charge in [-0.3, -0.25) is 0 Å². The number of hydrogen-bond acceptors (Lipinski definition) is 5. The highest BCUT2D eigenvalue weighted by atomic mass is 32.2. The average molecular weight is 322 g/mol. The summed E-state index contributed by atoms with van der Waals surface area (Å²) in [5.41, 5.74) is 0.922. The molecule has 8 heteroatoms. The second-order valence-electron chi connectivity index (χ2n) is 5.39. The molecule has 22 heavy (non-hydrogen) atoms. The van der Waals surface area contributed by atoms with Crippen LogP contribution < -0.4 is 4.72 Å². The Morgan fingerprint density at radius 2 is 2.05 bits per heavy atom. The van der Waals surface area contributed by atoms with Crippen LogP contribution >= 0.6 is 0 Å². The Morgan fingerprint density at radius 3 is 2.73 bits per heavy atom. The van der Waals surface area contributed by atoms with Gasteiger partial charge in [-0.2, -0.15) is 22.4 Å². The smallest absolute Gasteiger partial charge is 0.279 e. The molecule has 1 heterocycles. The van der Waals surface area contributed by atoms with Crippen molar-refractivity contribution in [2.24, 2.45) is 0 Å². The van der Waals surface area contributed by atoms with Gasteiger partial charge in [0.1, 0.15) is 0 Å². The van der Waals surface area contributed by atoms with Crippen molar-refractivity contribution >= 4 is 10.2 Å². The molecular weight excluding hydrogens is 304 g/mol. The molecule has 0 bridgehead atoms. The van der Waals surface area contributed by atoms with Gasteiger partial charge >= 0.3 is 0 Å². The molecule has 1 fully saturated rings. The number of nitrogens with zero attached hydrogens (tertiary/aromatic N) is 3. The molecule has 1 aromatic carbocycles. The largest absolute Gasteiger partial charge is 0.339 e. The first-order chi connectivity index (χ1) is 10.5. The molecule has 7 nitrogen and oxygen atoms in total. The van der Waals surface area contributed by atoms with Crippen molar-refractivity contribution < 1.29 is 12.9 Å². The number of hydrogen-bond donors (Lipinski definition) is 1. The van der Waals surface area contributed by atoms with E-state index in [4.69, 9.17) is 4.52 Å². The van der Waals surface area contributed by atoms with E-state index in [1.165, 1.54) is 11.4 Å². The maximum absolute atomic E-state index is 12.2. The van der Waals surface area contributed by atoms with Gasteiger partial charge in [-0.05, 0) is 18.4 Å². The molecule has 0 atom stereocenters. The highest BCUT2D eigenvalue weighted by molar-refractivity contribution is 7.87. The number of benzene rings is 1. The van der Waals surface area contributed by atoms with Crippen LogP contribution in [0.5, 0.6) is 0 Å². The molecule has 1 aliphatic carbocycles. The molecule has 3 rings (SSSR count). The summed E-state index contributed by atoms with van der Waals surface area (Å²) in [4.78, 5) is 4.20. The zero-order valence-electron chi connectivity index (χ0n) is 12.3. The van der Waals surface area contributed by atoms with Crippen molar-refractivity contribution in [2.75, 3.05) is 7.05 Å². The Hall–Kier alpha value is -1.77. The fourth-order valence-corrected chi connectivity index (χ4v) is 2.88. The van der Waals surface area contributed by atoms with Crippen LogP contribution in [0.4, 0.5) is 0 Å². The van der Waals surface area contributed by atoms with Crippen LogP contribution in [0.15, 0.2) is 34.9 Å². The van der Waals surface area contributed by atoms with Crippen molar-refractivity contribution in [1.29, 1.82) is 0 Å². The second kappa shape index (κ2) is 6.15. The standard InChI is InChI=1S/C14H18N4O3S/c1-18(10-11-5-3-2-4-6-11)22(19,20)15-9-13-16-14(21-17-13)12-7-8-12/h2-6,12,15H,7-10H2,1H3. The molecule has 1 saturated carbocycles. The van der Waals surface area contributed by atoms with Crippen LogP contribution in [-0.2, 0) is 23.3 Å². The minimum atomic E-state index is -3.59. The van der Waals surface area contributed by atoms with Crippen molar-refractivity contribution in [3.05, 3.63) is 47.6 Å². The highest BCUT2D eigenvalue weighted by Gasteiger charge is 2.29. The third kappa shape index (κ3) is 3.70. The maximum atomic E-state index is 12.2. The highest BCUT2D eigenvalue weighted by Crippen LogP contribution is 2.38. The molecular formula is C14H18N4O3S. The lowest BCUT2D eigenvalue weighted by molar-refractivity contribution is 0.373. The average Bonchev–Trinajstić information content (AvgIpc) is 3.25. The molecule has 1 aliphatic rings. The van der Waals surface area contributed by atoms with Gasteiger partial charge in [-0.15, -0.1) is 0 Å². The van der Waals surface area contributed by atoms with E-state index in [1.54, 1.807) is 0 Å². The van der Waals surface area contributed by atoms with E-state index >= 15 is 0 Å². The van der Waals surface area contributed by atoms with Gasteiger partial charge in [0.25, 0.3) is 10.2 Å². The van der Waals surface area contributed by atoms with E-state index in [9.17, 15) is 8.42 Å². The minimum Gasteiger partial charge on any atom is -0.339 e. The summed E-state index contributed by atoms with van der Waals surface area (Å²) in [6.45, 7) is 0.327. The number of nitrogens with one attached hydrogen (secondary N) is 1. The molecule has 1 aromatic heterocycles. The Kier molecular flexibility index (Phi) is 4.23. The fraction of sp³-hybridized carbons (Fsp3) is 0.429. The Labute approximate surface area is 129 Å². The van der Waals surface area contributed by atoms with Crippen LogP contribution in [-0.4, -0.2) is 29.9 Å². The topological polar surface area (TPSA) is 88.3 Å². The van der Waals surface area contributed by atoms with E-state index < -0.39 is 10.2 Å². The lowest BCUT2D eigenvalue weighted by atomic mass is 10.2. The van der Waals surface area contributed by atoms with Gasteiger partial charge in [0.2, 0.25) is 5.89 Å². The Balaban J connectivity index is 1.57. The van der Waals surface area contributed by atoms with Gasteiger partial charge in [-0.1, -0.05) is 35.5 Å². The van der Waals surface area contributed by atoms with Crippen LogP contribution in [0.2, 0.25) is 0 Å². The summed E-state index contributed by atoms with van der Waals surface area (Å²) >= 11 is 0. The third-order valence-electron chi connectivity index (χ3n) is 3.48. The molecule has 0 saturated heterocycles. The SMILES string of the molecule is CN(Cc1ccccc1)S(=O)(=O)NCc1noc(C2CC2)n1. The molecule has 0 aliphatic heterocycles. The summed E-state index contributed by atoms with van der Waals surface area (Å²) in [5.74, 6) is 1.32. The molecule has 0 unspecified atom stereocenters. The van der Waals surface area contributed by atoms with Gasteiger partial charge in [-0.25, -0.2) is 0 Å². The molecule has 0 radical (unpaired) electrons. The summed E-state index contributed by atoms with van der Waals surface area (Å²) < 4.78 is 33.2. The first kappa shape index (κ1) is 15.1. The van der Waals surface area contributed by atoms with Crippen molar-refractivity contribution in [3.63, 3.8) is 0 Å². The summed E-state index contributed by atoms with van der Waals surface area (Å²) in [6.07, 6.45) is 2.13. The predicted octanol–water partition coefficient (Wildman–Crippen LogP) is 1.41. The predicted molar refractivity (Wildman–Crippen MR) is 79.9 cm³/mol. The molecule has 0 spiro atoms. The lowest BCUT2D eigenvalue weighted by Gasteiger charge is -2.17. The number of aromatic nitrogens is 2. The van der Waals surface area contributed by atoms with Gasteiger partial charge in [0, 0.05) is 19.5 Å². The molecule has 118 valence electrons. The first-order valence-corrected chi connectivity index (χ1v) is 8.56. The summed E-state index contributed by atoms with van der Waals surface area (Å²) in [7, 11) is -2.06. The van der Waals surface area contributed by atoms with Crippen LogP contribution in [0.1, 0.15) is 36.0 Å². The summed E-state index contributed by atoms with van der Waals surface area (Å²) in [6, 6.07) is 9.41. The van der Waals surface area contributed by atoms with E-state index in [1.807, 2.05) is 30.3 Å². The number of rotatable bonds is 7. The Morgan fingerprint density at radius 1 is 1.32 bits per heavy atom. The molecule has 0 amide bonds. The zero-order chi connectivity index (χ0) is 15.6. The van der Waals surface area contributed by atoms with Gasteiger partial charge in [0.05, 0.1) is 6.54 Å². The third-order valence-corrected chi connectivity index (χ3v) is 4.94. The van der Waals surface area contributed by atoms with E-state index in [0.717, 1.165) is 18.4 Å². The van der Waals surface area contributed by atoms with E-state index in [2.05, 4.69) is 14.9 Å². The molecule has 2 aromatic rings. The van der Waals surface area contributed by atoms with Gasteiger partial charge in [0.15, 0.2) is 5.82 Å². The monoisotopic (exact) mass is 322 g/mol.